The minimum Gasteiger partial charge on any atom is -0.481 e. The number of rotatable bonds is 18. The Morgan fingerprint density at radius 2 is 0.861 bits per heavy atom. The molecule has 16 heteroatoms. The van der Waals surface area contributed by atoms with Gasteiger partial charge in [-0.15, -0.1) is 0 Å². The number of aliphatic carboxylic acids is 1. The van der Waals surface area contributed by atoms with Gasteiger partial charge in [0, 0.05) is 59.9 Å². The molecule has 0 saturated carbocycles. The normalized spacial score (nSPS) is 10.8. The quantitative estimate of drug-likeness (QED) is 0.0412. The number of aromatic nitrogens is 6. The Morgan fingerprint density at radius 1 is 0.514 bits per heavy atom. The van der Waals surface area contributed by atoms with Crippen molar-refractivity contribution in [3.63, 3.8) is 0 Å². The highest BCUT2D eigenvalue weighted by Crippen LogP contribution is 2.28. The van der Waals surface area contributed by atoms with Gasteiger partial charge in [-0.1, -0.05) is 145 Å². The number of aryl methyl sites for hydroxylation is 3. The zero-order valence-electron chi connectivity index (χ0n) is 40.2. The molecule has 6 aromatic carbocycles. The van der Waals surface area contributed by atoms with Crippen LogP contribution in [-0.4, -0.2) is 88.5 Å². The van der Waals surface area contributed by atoms with Crippen molar-refractivity contribution < 1.29 is 34.7 Å². The average Bonchev–Trinajstić information content (AvgIpc) is 4.17. The Hall–Kier alpha value is -7.17. The smallest absolute Gasteiger partial charge is 0.481 e. The second-order valence-electron chi connectivity index (χ2n) is 16.9. The summed E-state index contributed by atoms with van der Waals surface area (Å²) in [5.74, 6) is -0.806. The number of hydrogen-bond donors (Lipinski definition) is 5. The minimum atomic E-state index is -1.46. The number of methoxy groups -OCH3 is 1. The summed E-state index contributed by atoms with van der Waals surface area (Å²) >= 11 is 3.42. The van der Waals surface area contributed by atoms with Gasteiger partial charge in [-0.2, -0.15) is 15.3 Å². The number of hydrogen-bond acceptors (Lipinski definition) is 9. The molecule has 5 N–H and O–H groups in total. The number of benzene rings is 6. The van der Waals surface area contributed by atoms with Crippen molar-refractivity contribution in [3.8, 4) is 50.8 Å². The Balaban J connectivity index is 0.000000159. The first-order valence-electron chi connectivity index (χ1n) is 23.8. The summed E-state index contributed by atoms with van der Waals surface area (Å²) < 4.78 is 11.7. The Labute approximate surface area is 429 Å². The van der Waals surface area contributed by atoms with Crippen LogP contribution in [0.5, 0.6) is 0 Å². The molecular formula is C56H57B2BrN6O7. The number of halogens is 1. The van der Waals surface area contributed by atoms with Gasteiger partial charge in [0.05, 0.1) is 34.1 Å². The van der Waals surface area contributed by atoms with E-state index in [0.717, 1.165) is 98.5 Å². The first-order chi connectivity index (χ1) is 35.0. The summed E-state index contributed by atoms with van der Waals surface area (Å²) in [5.41, 5.74) is 12.8. The molecule has 72 heavy (non-hydrogen) atoms. The van der Waals surface area contributed by atoms with E-state index < -0.39 is 20.2 Å². The lowest BCUT2D eigenvalue weighted by atomic mass is 9.80. The van der Waals surface area contributed by atoms with E-state index in [1.54, 1.807) is 36.1 Å². The predicted octanol–water partition coefficient (Wildman–Crippen LogP) is 8.68. The molecule has 0 spiro atoms. The standard InChI is InChI=1S/C19H21BN2O3.C19H21BN2O2.C18H15BrN2O2/c1-25-13-5-6-16-14-22(18-7-3-2-4-8-18)21-19(16)15-9-11-17(12-10-15)20(23)24;1-2-3-7-16-14-22(18-8-5-4-6-9-18)21-19(16)15-10-12-17(13-11-15)20(23)24;19-15-9-6-13(7-10-15)18-14(8-11-17(22)23)12-21(20-18)16-4-2-1-3-5-16/h2-4,7-12,14,23-24H,5-6,13H2,1H3;4-6,8-14,23-24H,2-3,7H2,1H3;1-7,9-10,12H,8,11H2,(H,22,23). The van der Waals surface area contributed by atoms with E-state index in [4.69, 9.17) is 20.0 Å². The molecule has 0 aliphatic rings. The molecule has 0 amide bonds. The van der Waals surface area contributed by atoms with Crippen LogP contribution in [0.2, 0.25) is 0 Å². The molecule has 0 atom stereocenters. The molecule has 9 aromatic rings. The molecule has 13 nitrogen and oxygen atoms in total. The molecule has 9 rings (SSSR count). The van der Waals surface area contributed by atoms with Crippen molar-refractivity contribution in [3.05, 3.63) is 204 Å². The summed E-state index contributed by atoms with van der Waals surface area (Å²) in [4.78, 5) is 10.9. The molecule has 0 radical (unpaired) electrons. The fourth-order valence-electron chi connectivity index (χ4n) is 7.90. The second-order valence-corrected chi connectivity index (χ2v) is 17.9. The summed E-state index contributed by atoms with van der Waals surface area (Å²) in [5, 5.41) is 60.2. The monoisotopic (exact) mass is 1030 g/mol. The van der Waals surface area contributed by atoms with Crippen LogP contribution in [0.1, 0.15) is 49.3 Å². The molecule has 3 aromatic heterocycles. The fraction of sp³-hybridized carbons (Fsp3) is 0.179. The number of carboxylic acid groups (broad SMARTS) is 1. The van der Waals surface area contributed by atoms with Crippen molar-refractivity contribution in [2.45, 2.75) is 51.9 Å². The largest absolute Gasteiger partial charge is 0.488 e. The van der Waals surface area contributed by atoms with Crippen LogP contribution in [0, 0.1) is 0 Å². The van der Waals surface area contributed by atoms with E-state index in [9.17, 15) is 24.9 Å². The third-order valence-corrected chi connectivity index (χ3v) is 12.2. The van der Waals surface area contributed by atoms with Gasteiger partial charge in [-0.3, -0.25) is 4.79 Å². The van der Waals surface area contributed by atoms with Crippen LogP contribution in [-0.2, 0) is 28.8 Å². The number of nitrogens with zero attached hydrogens (tertiary/aromatic N) is 6. The van der Waals surface area contributed by atoms with Crippen LogP contribution in [0.15, 0.2) is 187 Å². The lowest BCUT2D eigenvalue weighted by molar-refractivity contribution is -0.136. The van der Waals surface area contributed by atoms with E-state index in [0.29, 0.717) is 24.0 Å². The van der Waals surface area contributed by atoms with Crippen LogP contribution in [0.25, 0.3) is 50.8 Å². The summed E-state index contributed by atoms with van der Waals surface area (Å²) in [6, 6.07) is 52.1. The van der Waals surface area contributed by atoms with Gasteiger partial charge in [-0.05, 0) is 108 Å². The number of ether oxygens (including phenoxy) is 1. The highest BCUT2D eigenvalue weighted by Gasteiger charge is 2.18. The molecule has 0 bridgehead atoms. The summed E-state index contributed by atoms with van der Waals surface area (Å²) in [7, 11) is -1.20. The molecule has 0 aliphatic heterocycles. The number of carboxylic acids is 1. The van der Waals surface area contributed by atoms with Crippen molar-refractivity contribution in [2.75, 3.05) is 13.7 Å². The van der Waals surface area contributed by atoms with E-state index in [1.807, 2.05) is 155 Å². The van der Waals surface area contributed by atoms with Gasteiger partial charge in [0.1, 0.15) is 0 Å². The van der Waals surface area contributed by atoms with E-state index in [-0.39, 0.29) is 6.42 Å². The zero-order valence-corrected chi connectivity index (χ0v) is 41.8. The molecule has 0 aliphatic carbocycles. The first kappa shape index (κ1) is 52.6. The first-order valence-corrected chi connectivity index (χ1v) is 24.6. The van der Waals surface area contributed by atoms with Gasteiger partial charge in [-0.25, -0.2) is 14.0 Å². The SMILES string of the molecule is CCCCc1cn(-c2ccccc2)nc1-c1ccc(B(O)O)cc1.COCCCc1cn(-c2ccccc2)nc1-c1ccc(B(O)O)cc1.O=C(O)CCc1cn(-c2ccccc2)nc1-c1ccc(Br)cc1. The Morgan fingerprint density at radius 3 is 1.19 bits per heavy atom. The van der Waals surface area contributed by atoms with Gasteiger partial charge in [0.15, 0.2) is 0 Å². The fourth-order valence-corrected chi connectivity index (χ4v) is 8.16. The molecular weight excluding hydrogens is 970 g/mol. The van der Waals surface area contributed by atoms with Crippen molar-refractivity contribution in [1.29, 1.82) is 0 Å². The van der Waals surface area contributed by atoms with Crippen LogP contribution in [0.4, 0.5) is 0 Å². The molecule has 0 saturated heterocycles. The third-order valence-electron chi connectivity index (χ3n) is 11.7. The van der Waals surface area contributed by atoms with Gasteiger partial charge < -0.3 is 29.9 Å². The Kier molecular flexibility index (Phi) is 19.3. The van der Waals surface area contributed by atoms with Crippen molar-refractivity contribution >= 4 is 47.1 Å². The minimum absolute atomic E-state index is 0.0873. The highest BCUT2D eigenvalue weighted by molar-refractivity contribution is 9.10. The van der Waals surface area contributed by atoms with Gasteiger partial charge in [0.2, 0.25) is 0 Å². The molecule has 0 unspecified atom stereocenters. The molecule has 366 valence electrons. The van der Waals surface area contributed by atoms with E-state index in [2.05, 4.69) is 40.3 Å². The average molecular weight is 1030 g/mol. The predicted molar refractivity (Wildman–Crippen MR) is 289 cm³/mol. The van der Waals surface area contributed by atoms with Crippen LogP contribution >= 0.6 is 15.9 Å². The van der Waals surface area contributed by atoms with E-state index >= 15 is 0 Å². The Bertz CT molecular complexity index is 3060. The number of unbranched alkanes of at least 4 members (excludes halogenated alkanes) is 1. The highest BCUT2D eigenvalue weighted by atomic mass is 79.9. The topological polar surface area (TPSA) is 181 Å². The van der Waals surface area contributed by atoms with Crippen molar-refractivity contribution in [2.24, 2.45) is 0 Å². The van der Waals surface area contributed by atoms with Gasteiger partial charge >= 0.3 is 20.2 Å². The maximum Gasteiger partial charge on any atom is 0.488 e. The molecule has 0 fully saturated rings. The van der Waals surface area contributed by atoms with Crippen LogP contribution < -0.4 is 10.9 Å². The lowest BCUT2D eigenvalue weighted by Crippen LogP contribution is -2.29. The maximum atomic E-state index is 10.9. The van der Waals surface area contributed by atoms with Gasteiger partial charge in [0.25, 0.3) is 0 Å². The second kappa shape index (κ2) is 26.3. The maximum absolute atomic E-state index is 10.9. The third kappa shape index (κ3) is 14.5. The summed E-state index contributed by atoms with van der Waals surface area (Å²) in [6.45, 7) is 2.88. The van der Waals surface area contributed by atoms with Crippen molar-refractivity contribution in [1.82, 2.24) is 29.3 Å². The van der Waals surface area contributed by atoms with Crippen LogP contribution in [0.3, 0.4) is 0 Å². The number of carbonyl (C=O) groups is 1. The lowest BCUT2D eigenvalue weighted by Gasteiger charge is -2.04. The number of para-hydroxylation sites is 3. The zero-order chi connectivity index (χ0) is 50.8. The summed E-state index contributed by atoms with van der Waals surface area (Å²) in [6.07, 6.45) is 11.6. The molecule has 3 heterocycles. The van der Waals surface area contributed by atoms with E-state index in [1.165, 1.54) is 5.56 Å².